The van der Waals surface area contributed by atoms with Crippen molar-refractivity contribution in [2.24, 2.45) is 5.11 Å². The lowest BCUT2D eigenvalue weighted by Crippen LogP contribution is -2.04. The van der Waals surface area contributed by atoms with Crippen LogP contribution >= 0.6 is 0 Å². The van der Waals surface area contributed by atoms with Gasteiger partial charge in [0.25, 0.3) is 0 Å². The van der Waals surface area contributed by atoms with Crippen LogP contribution < -0.4 is 9.47 Å². The van der Waals surface area contributed by atoms with Crippen molar-refractivity contribution in [2.75, 3.05) is 20.3 Å². The minimum absolute atomic E-state index is 0.0740. The molecule has 18 heavy (non-hydrogen) atoms. The minimum atomic E-state index is -0.908. The number of nitrogens with zero attached hydrogens (tertiary/aromatic N) is 3. The predicted octanol–water partition coefficient (Wildman–Crippen LogP) is 2.01. The second kappa shape index (κ2) is 7.03. The number of carboxylic acid groups (broad SMARTS) is 1. The van der Waals surface area contributed by atoms with Crippen molar-refractivity contribution in [3.05, 3.63) is 34.2 Å². The normalized spacial score (nSPS) is 9.39. The molecule has 7 heteroatoms. The quantitative estimate of drug-likeness (QED) is 0.346. The predicted molar refractivity (Wildman–Crippen MR) is 63.8 cm³/mol. The highest BCUT2D eigenvalue weighted by Crippen LogP contribution is 2.28. The zero-order valence-corrected chi connectivity index (χ0v) is 9.87. The van der Waals surface area contributed by atoms with Crippen LogP contribution in [0, 0.1) is 0 Å². The molecule has 0 unspecified atom stereocenters. The van der Waals surface area contributed by atoms with Gasteiger partial charge in [0.2, 0.25) is 0 Å². The van der Waals surface area contributed by atoms with Gasteiger partial charge in [-0.1, -0.05) is 11.2 Å². The Morgan fingerprint density at radius 2 is 2.28 bits per heavy atom. The smallest absolute Gasteiger partial charge is 0.307 e. The van der Waals surface area contributed by atoms with Crippen LogP contribution in [0.1, 0.15) is 5.56 Å². The van der Waals surface area contributed by atoms with E-state index in [9.17, 15) is 4.79 Å². The van der Waals surface area contributed by atoms with Gasteiger partial charge in [0, 0.05) is 4.91 Å². The van der Waals surface area contributed by atoms with Crippen molar-refractivity contribution >= 4 is 5.97 Å². The van der Waals surface area contributed by atoms with Crippen LogP contribution in [0.3, 0.4) is 0 Å². The number of rotatable bonds is 7. The Morgan fingerprint density at radius 3 is 2.89 bits per heavy atom. The number of hydrogen-bond donors (Lipinski definition) is 1. The maximum absolute atomic E-state index is 10.6. The number of ether oxygens (including phenoxy) is 2. The third-order valence-corrected chi connectivity index (χ3v) is 2.10. The van der Waals surface area contributed by atoms with Crippen molar-refractivity contribution in [3.8, 4) is 11.5 Å². The molecule has 0 aliphatic heterocycles. The second-order valence-electron chi connectivity index (χ2n) is 3.36. The summed E-state index contributed by atoms with van der Waals surface area (Å²) in [4.78, 5) is 13.2. The van der Waals surface area contributed by atoms with Crippen LogP contribution in [0.25, 0.3) is 10.4 Å². The zero-order chi connectivity index (χ0) is 13.4. The molecule has 1 rings (SSSR count). The summed E-state index contributed by atoms with van der Waals surface area (Å²) in [6.45, 7) is 0.454. The van der Waals surface area contributed by atoms with E-state index >= 15 is 0 Å². The largest absolute Gasteiger partial charge is 0.493 e. The Morgan fingerprint density at radius 1 is 1.50 bits per heavy atom. The number of carboxylic acids is 1. The molecule has 0 aliphatic carbocycles. The molecule has 1 aromatic rings. The molecule has 0 aliphatic rings. The second-order valence-corrected chi connectivity index (χ2v) is 3.36. The average Bonchev–Trinajstić information content (AvgIpc) is 2.35. The van der Waals surface area contributed by atoms with E-state index in [2.05, 4.69) is 10.0 Å². The summed E-state index contributed by atoms with van der Waals surface area (Å²) in [5.41, 5.74) is 8.73. The highest BCUT2D eigenvalue weighted by molar-refractivity contribution is 5.70. The summed E-state index contributed by atoms with van der Waals surface area (Å²) in [5.74, 6) is 0.0311. The Bertz CT molecular complexity index is 469. The Labute approximate surface area is 104 Å². The van der Waals surface area contributed by atoms with E-state index < -0.39 is 5.97 Å². The maximum Gasteiger partial charge on any atom is 0.307 e. The molecule has 0 bridgehead atoms. The third kappa shape index (κ3) is 4.23. The summed E-state index contributed by atoms with van der Waals surface area (Å²) >= 11 is 0. The summed E-state index contributed by atoms with van der Waals surface area (Å²) in [6, 6.07) is 4.89. The first-order valence-electron chi connectivity index (χ1n) is 5.19. The maximum atomic E-state index is 10.6. The van der Waals surface area contributed by atoms with E-state index in [1.54, 1.807) is 18.2 Å². The van der Waals surface area contributed by atoms with Crippen molar-refractivity contribution in [1.82, 2.24) is 0 Å². The van der Waals surface area contributed by atoms with E-state index in [1.165, 1.54) is 7.11 Å². The standard InChI is InChI=1S/C11H13N3O4/c1-17-10-6-8(7-11(15)16)2-3-9(10)18-5-4-13-14-12/h2-3,6H,4-5,7H2,1H3,(H,15,16). The fraction of sp³-hybridized carbons (Fsp3) is 0.364. The molecule has 1 aromatic carbocycles. The summed E-state index contributed by atoms with van der Waals surface area (Å²) in [5, 5.41) is 12.0. The number of carbonyl (C=O) groups is 1. The molecular formula is C11H13N3O4. The van der Waals surface area contributed by atoms with E-state index in [1.807, 2.05) is 0 Å². The number of azide groups is 1. The molecule has 0 saturated heterocycles. The van der Waals surface area contributed by atoms with Gasteiger partial charge >= 0.3 is 5.97 Å². The summed E-state index contributed by atoms with van der Waals surface area (Å²) < 4.78 is 10.5. The highest BCUT2D eigenvalue weighted by Gasteiger charge is 2.07. The van der Waals surface area contributed by atoms with Crippen molar-refractivity contribution < 1.29 is 19.4 Å². The van der Waals surface area contributed by atoms with Gasteiger partial charge < -0.3 is 14.6 Å². The topological polar surface area (TPSA) is 105 Å². The van der Waals surface area contributed by atoms with Crippen LogP contribution in [0.4, 0.5) is 0 Å². The van der Waals surface area contributed by atoms with Gasteiger partial charge in [-0.05, 0) is 23.2 Å². The van der Waals surface area contributed by atoms with Gasteiger partial charge in [0.15, 0.2) is 11.5 Å². The van der Waals surface area contributed by atoms with Crippen LogP contribution in [0.2, 0.25) is 0 Å². The molecule has 0 radical (unpaired) electrons. The van der Waals surface area contributed by atoms with Gasteiger partial charge in [-0.2, -0.15) is 0 Å². The fourth-order valence-electron chi connectivity index (χ4n) is 1.36. The number of aliphatic carboxylic acids is 1. The van der Waals surface area contributed by atoms with Crippen LogP contribution in [-0.2, 0) is 11.2 Å². The zero-order valence-electron chi connectivity index (χ0n) is 9.87. The Kier molecular flexibility index (Phi) is 5.34. The molecule has 0 fully saturated rings. The first-order valence-corrected chi connectivity index (χ1v) is 5.19. The van der Waals surface area contributed by atoms with E-state index in [4.69, 9.17) is 20.1 Å². The summed E-state index contributed by atoms with van der Waals surface area (Å²) in [7, 11) is 1.47. The molecule has 0 saturated carbocycles. The SMILES string of the molecule is COc1cc(CC(=O)O)ccc1OCCN=[N+]=[N-]. The van der Waals surface area contributed by atoms with Crippen molar-refractivity contribution in [3.63, 3.8) is 0 Å². The molecule has 0 amide bonds. The lowest BCUT2D eigenvalue weighted by molar-refractivity contribution is -0.136. The molecule has 96 valence electrons. The molecule has 7 nitrogen and oxygen atoms in total. The number of benzene rings is 1. The van der Waals surface area contributed by atoms with Crippen LogP contribution in [0.5, 0.6) is 11.5 Å². The Balaban J connectivity index is 2.73. The van der Waals surface area contributed by atoms with Gasteiger partial charge in [0.1, 0.15) is 0 Å². The average molecular weight is 251 g/mol. The summed E-state index contributed by atoms with van der Waals surface area (Å²) in [6.07, 6.45) is -0.0740. The van der Waals surface area contributed by atoms with Gasteiger partial charge in [0.05, 0.1) is 26.7 Å². The van der Waals surface area contributed by atoms with Gasteiger partial charge in [-0.15, -0.1) is 0 Å². The van der Waals surface area contributed by atoms with Gasteiger partial charge in [-0.3, -0.25) is 4.79 Å². The lowest BCUT2D eigenvalue weighted by atomic mass is 10.1. The van der Waals surface area contributed by atoms with Crippen molar-refractivity contribution in [1.29, 1.82) is 0 Å². The molecule has 0 aromatic heterocycles. The van der Waals surface area contributed by atoms with Crippen molar-refractivity contribution in [2.45, 2.75) is 6.42 Å². The molecule has 1 N–H and O–H groups in total. The lowest BCUT2D eigenvalue weighted by Gasteiger charge is -2.10. The monoisotopic (exact) mass is 251 g/mol. The molecule has 0 heterocycles. The highest BCUT2D eigenvalue weighted by atomic mass is 16.5. The molecule has 0 atom stereocenters. The first kappa shape index (κ1) is 13.7. The minimum Gasteiger partial charge on any atom is -0.493 e. The first-order chi connectivity index (χ1) is 8.67. The molecular weight excluding hydrogens is 238 g/mol. The van der Waals surface area contributed by atoms with Gasteiger partial charge in [-0.25, -0.2) is 0 Å². The number of methoxy groups -OCH3 is 1. The number of hydrogen-bond acceptors (Lipinski definition) is 4. The van der Waals surface area contributed by atoms with E-state index in [-0.39, 0.29) is 19.6 Å². The van der Waals surface area contributed by atoms with E-state index in [0.29, 0.717) is 17.1 Å². The fourth-order valence-corrected chi connectivity index (χ4v) is 1.36. The van der Waals surface area contributed by atoms with E-state index in [0.717, 1.165) is 0 Å². The third-order valence-electron chi connectivity index (χ3n) is 2.10. The molecule has 0 spiro atoms. The Hall–Kier alpha value is -2.40. The van der Waals surface area contributed by atoms with Crippen LogP contribution in [-0.4, -0.2) is 31.3 Å². The van der Waals surface area contributed by atoms with Crippen LogP contribution in [0.15, 0.2) is 23.3 Å².